The average molecular weight is 373 g/mol. The van der Waals surface area contributed by atoms with E-state index in [4.69, 9.17) is 4.42 Å². The van der Waals surface area contributed by atoms with Gasteiger partial charge in [0, 0.05) is 24.7 Å². The van der Waals surface area contributed by atoms with E-state index in [2.05, 4.69) is 11.0 Å². The number of hydrogen-bond donors (Lipinski definition) is 3. The van der Waals surface area contributed by atoms with Gasteiger partial charge >= 0.3 is 11.3 Å². The monoisotopic (exact) mass is 372 g/mol. The summed E-state index contributed by atoms with van der Waals surface area (Å²) in [6.45, 7) is 1.43. The Morgan fingerprint density at radius 3 is 2.46 bits per heavy atom. The molecule has 3 N–H and O–H groups in total. The largest absolute Gasteiger partial charge is 0.508 e. The minimum Gasteiger partial charge on any atom is -0.508 e. The molecule has 0 amide bonds. The number of fused-ring (bicyclic) bond motifs is 2. The first-order valence-corrected chi connectivity index (χ1v) is 8.00. The van der Waals surface area contributed by atoms with Gasteiger partial charge in [-0.2, -0.15) is 0 Å². The average Bonchev–Trinajstić information content (AvgIpc) is 2.56. The first kappa shape index (κ1) is 18.0. The number of benzene rings is 2. The number of likely N-dealkylation sites (N-methyl/N-ethyl adjacent to an activating group) is 1. The number of hydrogen-bond acceptors (Lipinski definition) is 4. The number of halogens is 1. The van der Waals surface area contributed by atoms with Gasteiger partial charge in [0.05, 0.1) is 22.6 Å². The molecule has 4 rings (SSSR count). The molecular formula is C20H19ClNO4+. The van der Waals surface area contributed by atoms with Crippen LogP contribution in [0.4, 0.5) is 0 Å². The Morgan fingerprint density at radius 2 is 1.69 bits per heavy atom. The van der Waals surface area contributed by atoms with Crippen molar-refractivity contribution in [3.8, 4) is 17.2 Å². The van der Waals surface area contributed by atoms with E-state index in [1.54, 1.807) is 18.2 Å². The van der Waals surface area contributed by atoms with E-state index in [1.807, 2.05) is 19.2 Å². The number of aromatic hydroxyl groups is 3. The van der Waals surface area contributed by atoms with Gasteiger partial charge in [-0.15, -0.1) is 12.4 Å². The molecule has 0 spiro atoms. The molecule has 3 aromatic rings. The summed E-state index contributed by atoms with van der Waals surface area (Å²) in [6.07, 6.45) is 1.86. The quantitative estimate of drug-likeness (QED) is 0.557. The minimum atomic E-state index is 0. The second-order valence-corrected chi connectivity index (χ2v) is 6.41. The fourth-order valence-corrected chi connectivity index (χ4v) is 3.21. The van der Waals surface area contributed by atoms with Gasteiger partial charge in [-0.3, -0.25) is 4.90 Å². The Labute approximate surface area is 156 Å². The van der Waals surface area contributed by atoms with Crippen molar-refractivity contribution in [2.75, 3.05) is 13.6 Å². The number of phenolic OH excluding ortho intramolecular Hbond substituents is 3. The third-order valence-corrected chi connectivity index (χ3v) is 4.35. The third-order valence-electron chi connectivity index (χ3n) is 4.35. The third kappa shape index (κ3) is 3.31. The smallest absolute Gasteiger partial charge is 0.364 e. The highest BCUT2D eigenvalue weighted by molar-refractivity contribution is 5.87. The molecule has 1 aliphatic rings. The lowest BCUT2D eigenvalue weighted by Crippen LogP contribution is -2.25. The topological polar surface area (TPSA) is 75.2 Å². The molecule has 2 aromatic carbocycles. The summed E-state index contributed by atoms with van der Waals surface area (Å²) >= 11 is 0. The van der Waals surface area contributed by atoms with Gasteiger partial charge in [-0.05, 0) is 43.5 Å². The van der Waals surface area contributed by atoms with Crippen molar-refractivity contribution < 1.29 is 19.7 Å². The molecule has 0 radical (unpaired) electrons. The van der Waals surface area contributed by atoms with Crippen molar-refractivity contribution in [3.05, 3.63) is 59.4 Å². The molecule has 134 valence electrons. The summed E-state index contributed by atoms with van der Waals surface area (Å²) in [7, 11) is 2.02. The highest BCUT2D eigenvalue weighted by atomic mass is 35.5. The number of rotatable bonds is 1. The van der Waals surface area contributed by atoms with Crippen LogP contribution in [0.5, 0.6) is 17.2 Å². The summed E-state index contributed by atoms with van der Waals surface area (Å²) < 4.78 is 6.08. The molecule has 0 unspecified atom stereocenters. The molecule has 2 heterocycles. The van der Waals surface area contributed by atoms with Crippen molar-refractivity contribution >= 4 is 35.0 Å². The normalized spacial score (nSPS) is 15.7. The van der Waals surface area contributed by atoms with E-state index in [1.165, 1.54) is 12.1 Å². The Morgan fingerprint density at radius 1 is 0.962 bits per heavy atom. The van der Waals surface area contributed by atoms with Crippen molar-refractivity contribution in [2.45, 2.75) is 6.54 Å². The lowest BCUT2D eigenvalue weighted by Gasteiger charge is -2.22. The van der Waals surface area contributed by atoms with E-state index in [0.717, 1.165) is 28.8 Å². The van der Waals surface area contributed by atoms with Crippen molar-refractivity contribution in [2.24, 2.45) is 0 Å². The molecule has 0 aliphatic carbocycles. The van der Waals surface area contributed by atoms with Gasteiger partial charge < -0.3 is 15.3 Å². The van der Waals surface area contributed by atoms with Gasteiger partial charge in [-0.25, -0.2) is 4.42 Å². The second kappa shape index (κ2) is 6.86. The molecule has 1 aliphatic heterocycles. The van der Waals surface area contributed by atoms with Crippen molar-refractivity contribution in [1.82, 2.24) is 4.90 Å². The van der Waals surface area contributed by atoms with Gasteiger partial charge in [0.2, 0.25) is 0 Å². The molecule has 6 heteroatoms. The van der Waals surface area contributed by atoms with Crippen molar-refractivity contribution in [3.63, 3.8) is 0 Å². The summed E-state index contributed by atoms with van der Waals surface area (Å²) in [5.74, 6) is 0.946. The van der Waals surface area contributed by atoms with Crippen LogP contribution in [0.1, 0.15) is 16.9 Å². The maximum Gasteiger partial charge on any atom is 0.364 e. The predicted octanol–water partition coefficient (Wildman–Crippen LogP) is 4.24. The van der Waals surface area contributed by atoms with Crippen LogP contribution in [-0.4, -0.2) is 33.8 Å². The number of phenols is 3. The highest BCUT2D eigenvalue weighted by Gasteiger charge is 2.30. The maximum atomic E-state index is 10.1. The van der Waals surface area contributed by atoms with E-state index >= 15 is 0 Å². The predicted molar refractivity (Wildman–Crippen MR) is 104 cm³/mol. The van der Waals surface area contributed by atoms with Gasteiger partial charge in [-0.1, -0.05) is 0 Å². The molecule has 5 nitrogen and oxygen atoms in total. The second-order valence-electron chi connectivity index (χ2n) is 6.41. The summed E-state index contributed by atoms with van der Waals surface area (Å²) in [5.41, 5.74) is 3.20. The lowest BCUT2D eigenvalue weighted by atomic mass is 9.98. The molecule has 0 atom stereocenters. The maximum absolute atomic E-state index is 10.1. The first-order valence-electron chi connectivity index (χ1n) is 8.00. The van der Waals surface area contributed by atoms with Crippen LogP contribution in [0.3, 0.4) is 0 Å². The Hall–Kier alpha value is -2.76. The van der Waals surface area contributed by atoms with Crippen molar-refractivity contribution in [1.29, 1.82) is 0 Å². The fraction of sp³-hybridized carbons (Fsp3) is 0.150. The van der Waals surface area contributed by atoms with Gasteiger partial charge in [0.25, 0.3) is 0 Å². The van der Waals surface area contributed by atoms with Crippen LogP contribution in [-0.2, 0) is 6.54 Å². The molecule has 1 aromatic heterocycles. The number of nitrogens with zero attached hydrogens (tertiary/aromatic N) is 1. The van der Waals surface area contributed by atoms with E-state index in [-0.39, 0.29) is 29.7 Å². The van der Waals surface area contributed by atoms with Gasteiger partial charge in [0.1, 0.15) is 17.2 Å². The molecule has 0 fully saturated rings. The highest BCUT2D eigenvalue weighted by Crippen LogP contribution is 2.34. The van der Waals surface area contributed by atoms with Crippen LogP contribution in [0.25, 0.3) is 22.6 Å². The summed E-state index contributed by atoms with van der Waals surface area (Å²) in [6, 6.07) is 11.7. The van der Waals surface area contributed by atoms with E-state index in [9.17, 15) is 15.3 Å². The zero-order valence-corrected chi connectivity index (χ0v) is 15.0. The fourth-order valence-electron chi connectivity index (χ4n) is 3.21. The van der Waals surface area contributed by atoms with Gasteiger partial charge in [0.15, 0.2) is 0 Å². The standard InChI is InChI=1S/C20H17NO4.ClH/c1-21-10-14(6-12-2-4-16(22)8-18(12)24)20-15(11-21)7-13-3-5-17(23)9-19(13)25-20;/h2-9H,10-11H2,1H3,(H2-,22,23,24);1H/p+1/b14-6+;. The van der Waals surface area contributed by atoms with E-state index in [0.29, 0.717) is 17.7 Å². The Balaban J connectivity index is 0.00000196. The van der Waals surface area contributed by atoms with E-state index < -0.39 is 0 Å². The molecule has 0 saturated heterocycles. The van der Waals surface area contributed by atoms with Crippen LogP contribution in [0.2, 0.25) is 0 Å². The Bertz CT molecular complexity index is 1020. The van der Waals surface area contributed by atoms with Crippen LogP contribution < -0.4 is 0 Å². The molecule has 0 saturated carbocycles. The molecule has 26 heavy (non-hydrogen) atoms. The summed E-state index contributed by atoms with van der Waals surface area (Å²) in [5, 5.41) is 30.1. The summed E-state index contributed by atoms with van der Waals surface area (Å²) in [4.78, 5) is 2.16. The SMILES string of the molecule is CN1C/C(=C\c2ccc(O)cc2O)c2[o+]c3cc(O)ccc3cc2C1.Cl. The van der Waals surface area contributed by atoms with Crippen LogP contribution in [0.15, 0.2) is 46.9 Å². The first-order chi connectivity index (χ1) is 12.0. The van der Waals surface area contributed by atoms with Crippen LogP contribution >= 0.6 is 12.4 Å². The zero-order valence-electron chi connectivity index (χ0n) is 14.1. The molecule has 0 bridgehead atoms. The Kier molecular flexibility index (Phi) is 4.76. The lowest BCUT2D eigenvalue weighted by molar-refractivity contribution is 0.346. The van der Waals surface area contributed by atoms with Crippen LogP contribution in [0, 0.1) is 0 Å². The molecular weight excluding hydrogens is 354 g/mol. The zero-order chi connectivity index (χ0) is 17.6. The minimum absolute atomic E-state index is 0.